The number of halogens is 1. The number of benzene rings is 1. The highest BCUT2D eigenvalue weighted by molar-refractivity contribution is 9.09. The molecule has 0 aromatic heterocycles. The Morgan fingerprint density at radius 3 is 2.33 bits per heavy atom. The summed E-state index contributed by atoms with van der Waals surface area (Å²) in [5.74, 6) is 0. The number of allylic oxidation sites excluding steroid dienone is 1. The summed E-state index contributed by atoms with van der Waals surface area (Å²) in [5.41, 5.74) is 2.63. The van der Waals surface area contributed by atoms with Crippen molar-refractivity contribution in [3.05, 3.63) is 42.5 Å². The van der Waals surface area contributed by atoms with Crippen molar-refractivity contribution in [3.63, 3.8) is 0 Å². The predicted octanol–water partition coefficient (Wildman–Crippen LogP) is 4.90. The Kier molecular flexibility index (Phi) is 4.15. The van der Waals surface area contributed by atoms with Crippen molar-refractivity contribution < 1.29 is 0 Å². The van der Waals surface area contributed by atoms with Crippen LogP contribution in [0.3, 0.4) is 0 Å². The van der Waals surface area contributed by atoms with Gasteiger partial charge in [0.05, 0.1) is 0 Å². The van der Waals surface area contributed by atoms with Crippen molar-refractivity contribution in [3.8, 4) is 0 Å². The minimum Gasteiger partial charge on any atom is -0.0941 e. The lowest BCUT2D eigenvalue weighted by atomic mass is 9.81. The van der Waals surface area contributed by atoms with E-state index in [4.69, 9.17) is 0 Å². The zero-order valence-corrected chi connectivity index (χ0v) is 11.3. The van der Waals surface area contributed by atoms with Crippen LogP contribution >= 0.6 is 15.9 Å². The van der Waals surface area contributed by atoms with Gasteiger partial charge in [-0.25, -0.2) is 0 Å². The van der Waals surface area contributed by atoms with Gasteiger partial charge < -0.3 is 0 Å². The van der Waals surface area contributed by atoms with Crippen LogP contribution in [0.4, 0.5) is 0 Å². The van der Waals surface area contributed by atoms with E-state index in [1.807, 2.05) is 6.07 Å². The molecule has 0 heterocycles. The molecule has 0 fully saturated rings. The van der Waals surface area contributed by atoms with Crippen molar-refractivity contribution in [1.29, 1.82) is 0 Å². The number of hydrogen-bond acceptors (Lipinski definition) is 0. The SMILES string of the molecule is C=C(c1ccccc1)C(Br)C(C)(C)CC. The highest BCUT2D eigenvalue weighted by Crippen LogP contribution is 2.38. The van der Waals surface area contributed by atoms with E-state index in [-0.39, 0.29) is 5.41 Å². The van der Waals surface area contributed by atoms with Gasteiger partial charge in [0.2, 0.25) is 0 Å². The largest absolute Gasteiger partial charge is 0.0941 e. The second-order valence-electron chi connectivity index (χ2n) is 4.60. The molecule has 1 rings (SSSR count). The van der Waals surface area contributed by atoms with E-state index >= 15 is 0 Å². The fraction of sp³-hybridized carbons (Fsp3) is 0.429. The van der Waals surface area contributed by atoms with Gasteiger partial charge in [0.25, 0.3) is 0 Å². The molecule has 0 aliphatic carbocycles. The smallest absolute Gasteiger partial charge is 0.0446 e. The van der Waals surface area contributed by atoms with Crippen LogP contribution in [0.5, 0.6) is 0 Å². The summed E-state index contributed by atoms with van der Waals surface area (Å²) >= 11 is 3.76. The van der Waals surface area contributed by atoms with Crippen molar-refractivity contribution in [2.24, 2.45) is 5.41 Å². The minimum absolute atomic E-state index is 0.243. The molecular weight excluding hydrogens is 248 g/mol. The predicted molar refractivity (Wildman–Crippen MR) is 72.3 cm³/mol. The van der Waals surface area contributed by atoms with Gasteiger partial charge >= 0.3 is 0 Å². The fourth-order valence-electron chi connectivity index (χ4n) is 1.45. The van der Waals surface area contributed by atoms with Crippen LogP contribution in [0.25, 0.3) is 5.57 Å². The lowest BCUT2D eigenvalue weighted by Crippen LogP contribution is -2.24. The molecule has 82 valence electrons. The molecule has 0 radical (unpaired) electrons. The molecule has 0 spiro atoms. The molecule has 0 amide bonds. The second-order valence-corrected chi connectivity index (χ2v) is 5.51. The number of alkyl halides is 1. The van der Waals surface area contributed by atoms with E-state index in [2.05, 4.69) is 67.5 Å². The molecular formula is C14H19Br. The van der Waals surface area contributed by atoms with Crippen molar-refractivity contribution in [2.45, 2.75) is 32.0 Å². The highest BCUT2D eigenvalue weighted by atomic mass is 79.9. The molecule has 0 aliphatic heterocycles. The third-order valence-electron chi connectivity index (χ3n) is 3.05. The van der Waals surface area contributed by atoms with Crippen LogP contribution in [0.15, 0.2) is 36.9 Å². The summed E-state index contributed by atoms with van der Waals surface area (Å²) < 4.78 is 0. The molecule has 1 aromatic carbocycles. The Morgan fingerprint density at radius 2 is 1.87 bits per heavy atom. The zero-order chi connectivity index (χ0) is 11.5. The molecule has 0 aliphatic rings. The second kappa shape index (κ2) is 4.98. The van der Waals surface area contributed by atoms with Crippen LogP contribution in [0, 0.1) is 5.41 Å². The van der Waals surface area contributed by atoms with E-state index in [1.54, 1.807) is 0 Å². The molecule has 0 N–H and O–H groups in total. The molecule has 0 saturated carbocycles. The van der Waals surface area contributed by atoms with Gasteiger partial charge in [-0.15, -0.1) is 0 Å². The van der Waals surface area contributed by atoms with Crippen LogP contribution in [-0.2, 0) is 0 Å². The Balaban J connectivity index is 2.87. The summed E-state index contributed by atoms with van der Waals surface area (Å²) in [4.78, 5) is 0.331. The summed E-state index contributed by atoms with van der Waals surface area (Å²) in [6.07, 6.45) is 1.13. The normalized spacial score (nSPS) is 13.6. The summed E-state index contributed by atoms with van der Waals surface area (Å²) in [6.45, 7) is 10.9. The third kappa shape index (κ3) is 2.94. The maximum Gasteiger partial charge on any atom is 0.0446 e. The Labute approximate surface area is 102 Å². The molecule has 0 nitrogen and oxygen atoms in total. The van der Waals surface area contributed by atoms with Crippen molar-refractivity contribution >= 4 is 21.5 Å². The lowest BCUT2D eigenvalue weighted by Gasteiger charge is -2.30. The number of hydrogen-bond donors (Lipinski definition) is 0. The van der Waals surface area contributed by atoms with Crippen LogP contribution in [-0.4, -0.2) is 4.83 Å². The summed E-state index contributed by atoms with van der Waals surface area (Å²) in [7, 11) is 0. The van der Waals surface area contributed by atoms with Crippen molar-refractivity contribution in [1.82, 2.24) is 0 Å². The Bertz CT molecular complexity index is 324. The third-order valence-corrected chi connectivity index (χ3v) is 4.84. The maximum atomic E-state index is 4.19. The molecule has 15 heavy (non-hydrogen) atoms. The lowest BCUT2D eigenvalue weighted by molar-refractivity contribution is 0.377. The van der Waals surface area contributed by atoms with E-state index in [0.717, 1.165) is 6.42 Å². The molecule has 0 saturated heterocycles. The molecule has 0 bridgehead atoms. The van der Waals surface area contributed by atoms with Gasteiger partial charge in [0.15, 0.2) is 0 Å². The van der Waals surface area contributed by atoms with Gasteiger partial charge in [-0.1, -0.05) is 73.6 Å². The quantitative estimate of drug-likeness (QED) is 0.681. The van der Waals surface area contributed by atoms with E-state index in [9.17, 15) is 0 Å². The van der Waals surface area contributed by atoms with Crippen molar-refractivity contribution in [2.75, 3.05) is 0 Å². The average molecular weight is 267 g/mol. The van der Waals surface area contributed by atoms with Crippen LogP contribution in [0.1, 0.15) is 32.8 Å². The topological polar surface area (TPSA) is 0 Å². The molecule has 1 heteroatoms. The zero-order valence-electron chi connectivity index (χ0n) is 9.76. The minimum atomic E-state index is 0.243. The molecule has 1 aromatic rings. The standard InChI is InChI=1S/C14H19Br/c1-5-14(3,4)13(15)11(2)12-9-7-6-8-10-12/h6-10,13H,2,5H2,1,3-4H3. The summed E-state index contributed by atoms with van der Waals surface area (Å²) in [6, 6.07) is 10.4. The maximum absolute atomic E-state index is 4.19. The molecule has 1 unspecified atom stereocenters. The van der Waals surface area contributed by atoms with Crippen LogP contribution in [0.2, 0.25) is 0 Å². The Morgan fingerprint density at radius 1 is 1.33 bits per heavy atom. The first kappa shape index (κ1) is 12.5. The van der Waals surface area contributed by atoms with Gasteiger partial charge in [-0.3, -0.25) is 0 Å². The van der Waals surface area contributed by atoms with Gasteiger partial charge in [-0.05, 0) is 23.0 Å². The van der Waals surface area contributed by atoms with E-state index in [0.29, 0.717) is 4.83 Å². The number of rotatable bonds is 4. The highest BCUT2D eigenvalue weighted by Gasteiger charge is 2.27. The van der Waals surface area contributed by atoms with Gasteiger partial charge in [-0.2, -0.15) is 0 Å². The first-order valence-electron chi connectivity index (χ1n) is 5.37. The van der Waals surface area contributed by atoms with Gasteiger partial charge in [0, 0.05) is 4.83 Å². The van der Waals surface area contributed by atoms with E-state index < -0.39 is 0 Å². The molecule has 1 atom stereocenters. The Hall–Kier alpha value is -0.560. The van der Waals surface area contributed by atoms with Crippen LogP contribution < -0.4 is 0 Å². The first-order chi connectivity index (χ1) is 6.99. The average Bonchev–Trinajstić information content (AvgIpc) is 2.28. The first-order valence-corrected chi connectivity index (χ1v) is 6.29. The fourth-order valence-corrected chi connectivity index (χ4v) is 2.04. The van der Waals surface area contributed by atoms with E-state index in [1.165, 1.54) is 11.1 Å². The van der Waals surface area contributed by atoms with Gasteiger partial charge in [0.1, 0.15) is 0 Å². The summed E-state index contributed by atoms with van der Waals surface area (Å²) in [5, 5.41) is 0. The monoisotopic (exact) mass is 266 g/mol.